The van der Waals surface area contributed by atoms with Gasteiger partial charge in [-0.2, -0.15) is 0 Å². The van der Waals surface area contributed by atoms with E-state index in [1.54, 1.807) is 33.2 Å². The van der Waals surface area contributed by atoms with Crippen LogP contribution in [0.3, 0.4) is 0 Å². The number of aromatic nitrogens is 1. The number of aryl methyl sites for hydroxylation is 1. The van der Waals surface area contributed by atoms with Gasteiger partial charge in [0, 0.05) is 32.0 Å². The van der Waals surface area contributed by atoms with Crippen LogP contribution in [0, 0.1) is 6.92 Å². The Morgan fingerprint density at radius 3 is 2.70 bits per heavy atom. The molecule has 1 rings (SSSR count). The molecular weight excluding hydrogens is 260 g/mol. The lowest BCUT2D eigenvalue weighted by atomic mass is 10.2. The zero-order valence-corrected chi connectivity index (χ0v) is 11.9. The minimum Gasteiger partial charge on any atom is -0.383 e. The van der Waals surface area contributed by atoms with Crippen LogP contribution < -0.4 is 16.0 Å². The molecule has 110 valence electrons. The largest absolute Gasteiger partial charge is 0.383 e. The van der Waals surface area contributed by atoms with Gasteiger partial charge in [0.05, 0.1) is 13.2 Å². The SMILES string of the molecule is CNc1cc(C(=O)NCC(=O)NCCOC)cc(C)n1. The second-order valence-corrected chi connectivity index (χ2v) is 4.16. The number of carbonyl (C=O) groups excluding carboxylic acids is 2. The van der Waals surface area contributed by atoms with Crippen molar-refractivity contribution in [3.63, 3.8) is 0 Å². The zero-order valence-electron chi connectivity index (χ0n) is 11.9. The van der Waals surface area contributed by atoms with Gasteiger partial charge in [-0.25, -0.2) is 4.98 Å². The topological polar surface area (TPSA) is 92.4 Å². The Balaban J connectivity index is 2.50. The van der Waals surface area contributed by atoms with Crippen LogP contribution in [0.15, 0.2) is 12.1 Å². The number of ether oxygens (including phenoxy) is 1. The third-order valence-corrected chi connectivity index (χ3v) is 2.51. The predicted molar refractivity (Wildman–Crippen MR) is 75.7 cm³/mol. The summed E-state index contributed by atoms with van der Waals surface area (Å²) >= 11 is 0. The van der Waals surface area contributed by atoms with Crippen LogP contribution in [0.25, 0.3) is 0 Å². The minimum absolute atomic E-state index is 0.0706. The van der Waals surface area contributed by atoms with Crippen molar-refractivity contribution in [2.45, 2.75) is 6.92 Å². The van der Waals surface area contributed by atoms with Gasteiger partial charge in [0.1, 0.15) is 5.82 Å². The van der Waals surface area contributed by atoms with Crippen LogP contribution in [0.2, 0.25) is 0 Å². The maximum atomic E-state index is 11.9. The number of amides is 2. The number of hydrogen-bond donors (Lipinski definition) is 3. The molecule has 0 aliphatic rings. The van der Waals surface area contributed by atoms with E-state index < -0.39 is 0 Å². The molecule has 0 aliphatic carbocycles. The van der Waals surface area contributed by atoms with Gasteiger partial charge < -0.3 is 20.7 Å². The highest BCUT2D eigenvalue weighted by molar-refractivity contribution is 5.97. The molecule has 0 unspecified atom stereocenters. The molecule has 0 fully saturated rings. The fourth-order valence-electron chi connectivity index (χ4n) is 1.55. The molecule has 0 aliphatic heterocycles. The van der Waals surface area contributed by atoms with Crippen LogP contribution in [0.1, 0.15) is 16.1 Å². The van der Waals surface area contributed by atoms with Crippen LogP contribution >= 0.6 is 0 Å². The first kappa shape index (κ1) is 15.9. The molecule has 0 saturated carbocycles. The average molecular weight is 280 g/mol. The lowest BCUT2D eigenvalue weighted by molar-refractivity contribution is -0.120. The highest BCUT2D eigenvalue weighted by Gasteiger charge is 2.09. The highest BCUT2D eigenvalue weighted by Crippen LogP contribution is 2.09. The lowest BCUT2D eigenvalue weighted by Gasteiger charge is -2.08. The summed E-state index contributed by atoms with van der Waals surface area (Å²) in [6, 6.07) is 3.30. The number of nitrogens with one attached hydrogen (secondary N) is 3. The van der Waals surface area contributed by atoms with Gasteiger partial charge in [-0.3, -0.25) is 9.59 Å². The summed E-state index contributed by atoms with van der Waals surface area (Å²) < 4.78 is 4.81. The van der Waals surface area contributed by atoms with Crippen molar-refractivity contribution in [1.82, 2.24) is 15.6 Å². The second kappa shape index (κ2) is 8.11. The quantitative estimate of drug-likeness (QED) is 0.608. The van der Waals surface area contributed by atoms with Crippen LogP contribution in [-0.4, -0.2) is 50.7 Å². The fourth-order valence-corrected chi connectivity index (χ4v) is 1.55. The van der Waals surface area contributed by atoms with E-state index in [1.807, 2.05) is 0 Å². The lowest BCUT2D eigenvalue weighted by Crippen LogP contribution is -2.38. The second-order valence-electron chi connectivity index (χ2n) is 4.16. The van der Waals surface area contributed by atoms with Crippen LogP contribution in [0.5, 0.6) is 0 Å². The van der Waals surface area contributed by atoms with E-state index in [4.69, 9.17) is 4.74 Å². The Labute approximate surface area is 118 Å². The number of anilines is 1. The van der Waals surface area contributed by atoms with Gasteiger partial charge in [0.2, 0.25) is 5.91 Å². The maximum Gasteiger partial charge on any atom is 0.251 e. The summed E-state index contributed by atoms with van der Waals surface area (Å²) in [5.74, 6) is 0.0450. The molecule has 2 amide bonds. The molecule has 1 heterocycles. The molecule has 1 aromatic heterocycles. The molecule has 7 nitrogen and oxygen atoms in total. The number of pyridine rings is 1. The first-order valence-electron chi connectivity index (χ1n) is 6.27. The van der Waals surface area contributed by atoms with Gasteiger partial charge in [0.25, 0.3) is 5.91 Å². The van der Waals surface area contributed by atoms with E-state index in [0.29, 0.717) is 24.5 Å². The first-order chi connectivity index (χ1) is 9.56. The molecular formula is C13H20N4O3. The number of rotatable bonds is 7. The van der Waals surface area contributed by atoms with Crippen LogP contribution in [0.4, 0.5) is 5.82 Å². The summed E-state index contributed by atoms with van der Waals surface area (Å²) in [5.41, 5.74) is 1.19. The van der Waals surface area contributed by atoms with Gasteiger partial charge in [-0.1, -0.05) is 0 Å². The zero-order chi connectivity index (χ0) is 15.0. The molecule has 0 atom stereocenters. The molecule has 0 saturated heterocycles. The van der Waals surface area contributed by atoms with Crippen molar-refractivity contribution in [2.75, 3.05) is 39.2 Å². The van der Waals surface area contributed by atoms with Crippen molar-refractivity contribution in [3.05, 3.63) is 23.4 Å². The van der Waals surface area contributed by atoms with E-state index >= 15 is 0 Å². The van der Waals surface area contributed by atoms with Crippen molar-refractivity contribution < 1.29 is 14.3 Å². The van der Waals surface area contributed by atoms with E-state index in [9.17, 15) is 9.59 Å². The maximum absolute atomic E-state index is 11.9. The molecule has 1 aromatic rings. The fraction of sp³-hybridized carbons (Fsp3) is 0.462. The smallest absolute Gasteiger partial charge is 0.251 e. The minimum atomic E-state index is -0.311. The molecule has 3 N–H and O–H groups in total. The highest BCUT2D eigenvalue weighted by atomic mass is 16.5. The Morgan fingerprint density at radius 2 is 2.05 bits per heavy atom. The third kappa shape index (κ3) is 5.23. The average Bonchev–Trinajstić information content (AvgIpc) is 2.44. The van der Waals surface area contributed by atoms with Crippen molar-refractivity contribution in [1.29, 1.82) is 0 Å². The number of methoxy groups -OCH3 is 1. The Kier molecular flexibility index (Phi) is 6.45. The van der Waals surface area contributed by atoms with Gasteiger partial charge in [-0.15, -0.1) is 0 Å². The van der Waals surface area contributed by atoms with Crippen molar-refractivity contribution >= 4 is 17.6 Å². The predicted octanol–water partition coefficient (Wildman–Crippen LogP) is -0.0759. The summed E-state index contributed by atoms with van der Waals surface area (Å²) in [7, 11) is 3.28. The third-order valence-electron chi connectivity index (χ3n) is 2.51. The first-order valence-corrected chi connectivity index (χ1v) is 6.27. The number of carbonyl (C=O) groups is 2. The Morgan fingerprint density at radius 1 is 1.30 bits per heavy atom. The standard InChI is InChI=1S/C13H20N4O3/c1-9-6-10(7-11(14-2)17-9)13(19)16-8-12(18)15-4-5-20-3/h6-7H,4-5,8H2,1-3H3,(H,14,17)(H,15,18)(H,16,19). The van der Waals surface area contributed by atoms with Gasteiger partial charge in [-0.05, 0) is 19.1 Å². The molecule has 0 aromatic carbocycles. The summed E-state index contributed by atoms with van der Waals surface area (Å²) in [6.45, 7) is 2.59. The number of nitrogens with zero attached hydrogens (tertiary/aromatic N) is 1. The summed E-state index contributed by atoms with van der Waals surface area (Å²) in [6.07, 6.45) is 0. The monoisotopic (exact) mass is 280 g/mol. The van der Waals surface area contributed by atoms with Gasteiger partial charge >= 0.3 is 0 Å². The van der Waals surface area contributed by atoms with E-state index in [-0.39, 0.29) is 18.4 Å². The normalized spacial score (nSPS) is 9.95. The molecule has 0 bridgehead atoms. The summed E-state index contributed by atoms with van der Waals surface area (Å²) in [5, 5.41) is 8.06. The van der Waals surface area contributed by atoms with E-state index in [1.165, 1.54) is 0 Å². The molecule has 0 radical (unpaired) electrons. The van der Waals surface area contributed by atoms with E-state index in [0.717, 1.165) is 5.69 Å². The van der Waals surface area contributed by atoms with Gasteiger partial charge in [0.15, 0.2) is 0 Å². The molecule has 20 heavy (non-hydrogen) atoms. The molecule has 7 heteroatoms. The summed E-state index contributed by atoms with van der Waals surface area (Å²) in [4.78, 5) is 27.6. The Hall–Kier alpha value is -2.15. The Bertz CT molecular complexity index is 477. The van der Waals surface area contributed by atoms with E-state index in [2.05, 4.69) is 20.9 Å². The molecule has 0 spiro atoms. The number of hydrogen-bond acceptors (Lipinski definition) is 5. The van der Waals surface area contributed by atoms with Crippen LogP contribution in [-0.2, 0) is 9.53 Å². The van der Waals surface area contributed by atoms with Crippen molar-refractivity contribution in [2.24, 2.45) is 0 Å². The van der Waals surface area contributed by atoms with Crippen molar-refractivity contribution in [3.8, 4) is 0 Å².